The number of pyridine rings is 1. The largest absolute Gasteiger partial charge is 0.374 e. The van der Waals surface area contributed by atoms with Crippen molar-refractivity contribution in [1.82, 2.24) is 9.88 Å². The van der Waals surface area contributed by atoms with E-state index in [9.17, 15) is 0 Å². The van der Waals surface area contributed by atoms with Gasteiger partial charge < -0.3 is 15.4 Å². The Morgan fingerprint density at radius 3 is 3.00 bits per heavy atom. The molecule has 2 heterocycles. The minimum absolute atomic E-state index is 0.0210. The number of rotatable bonds is 4. The molecule has 0 saturated carbocycles. The first-order chi connectivity index (χ1) is 8.69. The van der Waals surface area contributed by atoms with E-state index in [2.05, 4.69) is 36.0 Å². The van der Waals surface area contributed by atoms with Crippen LogP contribution in [0.3, 0.4) is 0 Å². The van der Waals surface area contributed by atoms with Crippen molar-refractivity contribution < 1.29 is 4.74 Å². The Morgan fingerprint density at radius 1 is 1.56 bits per heavy atom. The third-order valence-electron chi connectivity index (χ3n) is 3.51. The van der Waals surface area contributed by atoms with Gasteiger partial charge in [-0.05, 0) is 25.1 Å². The van der Waals surface area contributed by atoms with Gasteiger partial charge in [-0.2, -0.15) is 0 Å². The summed E-state index contributed by atoms with van der Waals surface area (Å²) in [6.45, 7) is 4.81. The second-order valence-corrected chi connectivity index (χ2v) is 5.05. The average molecular weight is 249 g/mol. The molecule has 0 aliphatic carbocycles. The number of morpholine rings is 1. The third-order valence-corrected chi connectivity index (χ3v) is 3.51. The van der Waals surface area contributed by atoms with E-state index in [1.807, 2.05) is 6.20 Å². The average Bonchev–Trinajstić information content (AvgIpc) is 2.39. The summed E-state index contributed by atoms with van der Waals surface area (Å²) in [5.41, 5.74) is 8.54. The van der Waals surface area contributed by atoms with E-state index < -0.39 is 0 Å². The number of aryl methyl sites for hydroxylation is 1. The molecule has 1 saturated heterocycles. The smallest absolute Gasteiger partial charge is 0.0856 e. The van der Waals surface area contributed by atoms with Crippen molar-refractivity contribution in [1.29, 1.82) is 0 Å². The SMILES string of the molecule is CCc1ccc(CC(N)C2CN(C)CCO2)nc1. The van der Waals surface area contributed by atoms with Crippen LogP contribution in [-0.2, 0) is 17.6 Å². The summed E-state index contributed by atoms with van der Waals surface area (Å²) in [5.74, 6) is 0. The van der Waals surface area contributed by atoms with Crippen LogP contribution in [-0.4, -0.2) is 48.8 Å². The highest BCUT2D eigenvalue weighted by Gasteiger charge is 2.24. The first kappa shape index (κ1) is 13.5. The van der Waals surface area contributed by atoms with Crippen molar-refractivity contribution in [2.45, 2.75) is 31.9 Å². The van der Waals surface area contributed by atoms with Gasteiger partial charge in [0.2, 0.25) is 0 Å². The van der Waals surface area contributed by atoms with Crippen LogP contribution in [0.5, 0.6) is 0 Å². The van der Waals surface area contributed by atoms with Gasteiger partial charge in [0.15, 0.2) is 0 Å². The van der Waals surface area contributed by atoms with Crippen LogP contribution in [0.2, 0.25) is 0 Å². The molecular formula is C14H23N3O. The Bertz CT molecular complexity index is 366. The summed E-state index contributed by atoms with van der Waals surface area (Å²) in [6.07, 6.45) is 3.87. The molecule has 4 heteroatoms. The number of nitrogens with two attached hydrogens (primary N) is 1. The van der Waals surface area contributed by atoms with E-state index in [0.717, 1.165) is 38.2 Å². The van der Waals surface area contributed by atoms with E-state index in [1.54, 1.807) is 0 Å². The minimum Gasteiger partial charge on any atom is -0.374 e. The van der Waals surface area contributed by atoms with Gasteiger partial charge in [0.25, 0.3) is 0 Å². The lowest BCUT2D eigenvalue weighted by molar-refractivity contribution is -0.0320. The van der Waals surface area contributed by atoms with Crippen LogP contribution in [0.25, 0.3) is 0 Å². The molecular weight excluding hydrogens is 226 g/mol. The Hall–Kier alpha value is -0.970. The summed E-state index contributed by atoms with van der Waals surface area (Å²) in [6, 6.07) is 4.22. The predicted molar refractivity (Wildman–Crippen MR) is 72.5 cm³/mol. The lowest BCUT2D eigenvalue weighted by Crippen LogP contribution is -2.50. The van der Waals surface area contributed by atoms with Crippen molar-refractivity contribution in [2.24, 2.45) is 5.73 Å². The van der Waals surface area contributed by atoms with E-state index in [1.165, 1.54) is 5.56 Å². The maximum absolute atomic E-state index is 6.22. The van der Waals surface area contributed by atoms with Gasteiger partial charge >= 0.3 is 0 Å². The molecule has 0 bridgehead atoms. The molecule has 0 spiro atoms. The molecule has 1 aliphatic rings. The molecule has 0 amide bonds. The molecule has 1 aliphatic heterocycles. The molecule has 2 unspecified atom stereocenters. The van der Waals surface area contributed by atoms with Gasteiger partial charge in [-0.1, -0.05) is 13.0 Å². The van der Waals surface area contributed by atoms with E-state index in [4.69, 9.17) is 10.5 Å². The quantitative estimate of drug-likeness (QED) is 0.859. The minimum atomic E-state index is 0.0210. The standard InChI is InChI=1S/C14H23N3O/c1-3-11-4-5-12(16-9-11)8-13(15)14-10-17(2)6-7-18-14/h4-5,9,13-14H,3,6-8,10,15H2,1-2H3. The van der Waals surface area contributed by atoms with Gasteiger partial charge in [0, 0.05) is 37.4 Å². The Kier molecular flexibility index (Phi) is 4.69. The number of aromatic nitrogens is 1. The van der Waals surface area contributed by atoms with Crippen LogP contribution < -0.4 is 5.73 Å². The molecule has 2 N–H and O–H groups in total. The van der Waals surface area contributed by atoms with E-state index in [-0.39, 0.29) is 12.1 Å². The van der Waals surface area contributed by atoms with Gasteiger partial charge in [-0.15, -0.1) is 0 Å². The first-order valence-electron chi connectivity index (χ1n) is 6.68. The number of ether oxygens (including phenoxy) is 1. The van der Waals surface area contributed by atoms with Crippen molar-refractivity contribution in [3.8, 4) is 0 Å². The number of hydrogen-bond acceptors (Lipinski definition) is 4. The highest BCUT2D eigenvalue weighted by molar-refractivity contribution is 5.14. The Morgan fingerprint density at radius 2 is 2.39 bits per heavy atom. The van der Waals surface area contributed by atoms with Crippen molar-refractivity contribution >= 4 is 0 Å². The van der Waals surface area contributed by atoms with Crippen LogP contribution >= 0.6 is 0 Å². The summed E-state index contributed by atoms with van der Waals surface area (Å²) in [5, 5.41) is 0. The Balaban J connectivity index is 1.91. The molecule has 2 atom stereocenters. The van der Waals surface area contributed by atoms with Gasteiger partial charge in [-0.3, -0.25) is 4.98 Å². The zero-order valence-electron chi connectivity index (χ0n) is 11.3. The monoisotopic (exact) mass is 249 g/mol. The first-order valence-corrected chi connectivity index (χ1v) is 6.68. The summed E-state index contributed by atoms with van der Waals surface area (Å²) < 4.78 is 5.73. The fraction of sp³-hybridized carbons (Fsp3) is 0.643. The van der Waals surface area contributed by atoms with E-state index in [0.29, 0.717) is 0 Å². The van der Waals surface area contributed by atoms with Crippen LogP contribution in [0.4, 0.5) is 0 Å². The van der Waals surface area contributed by atoms with Crippen LogP contribution in [0, 0.1) is 0 Å². The fourth-order valence-electron chi connectivity index (χ4n) is 2.23. The molecule has 1 fully saturated rings. The third kappa shape index (κ3) is 3.51. The molecule has 2 rings (SSSR count). The van der Waals surface area contributed by atoms with Crippen molar-refractivity contribution in [2.75, 3.05) is 26.7 Å². The Labute approximate surface area is 109 Å². The van der Waals surface area contributed by atoms with Gasteiger partial charge in [0.1, 0.15) is 0 Å². The molecule has 4 nitrogen and oxygen atoms in total. The highest BCUT2D eigenvalue weighted by Crippen LogP contribution is 2.10. The predicted octanol–water partition coefficient (Wildman–Crippen LogP) is 0.844. The number of nitrogens with zero attached hydrogens (tertiary/aromatic N) is 2. The number of likely N-dealkylation sites (N-methyl/N-ethyl adjacent to an activating group) is 1. The van der Waals surface area contributed by atoms with Crippen LogP contribution in [0.15, 0.2) is 18.3 Å². The van der Waals surface area contributed by atoms with Crippen LogP contribution in [0.1, 0.15) is 18.2 Å². The highest BCUT2D eigenvalue weighted by atomic mass is 16.5. The lowest BCUT2D eigenvalue weighted by Gasteiger charge is -2.33. The molecule has 0 aromatic carbocycles. The number of hydrogen-bond donors (Lipinski definition) is 1. The summed E-state index contributed by atoms with van der Waals surface area (Å²) in [4.78, 5) is 6.72. The van der Waals surface area contributed by atoms with Crippen molar-refractivity contribution in [3.05, 3.63) is 29.6 Å². The zero-order valence-corrected chi connectivity index (χ0v) is 11.3. The summed E-state index contributed by atoms with van der Waals surface area (Å²) >= 11 is 0. The van der Waals surface area contributed by atoms with Gasteiger partial charge in [0.05, 0.1) is 12.7 Å². The fourth-order valence-corrected chi connectivity index (χ4v) is 2.23. The lowest BCUT2D eigenvalue weighted by atomic mass is 10.0. The molecule has 1 aromatic heterocycles. The second-order valence-electron chi connectivity index (χ2n) is 5.05. The molecule has 1 aromatic rings. The normalized spacial score (nSPS) is 22.9. The topological polar surface area (TPSA) is 51.4 Å². The van der Waals surface area contributed by atoms with Crippen molar-refractivity contribution in [3.63, 3.8) is 0 Å². The molecule has 0 radical (unpaired) electrons. The second kappa shape index (κ2) is 6.27. The zero-order chi connectivity index (χ0) is 13.0. The van der Waals surface area contributed by atoms with Gasteiger partial charge in [-0.25, -0.2) is 0 Å². The van der Waals surface area contributed by atoms with E-state index >= 15 is 0 Å². The maximum Gasteiger partial charge on any atom is 0.0856 e. The maximum atomic E-state index is 6.22. The molecule has 100 valence electrons. The summed E-state index contributed by atoms with van der Waals surface area (Å²) in [7, 11) is 2.11. The molecule has 18 heavy (non-hydrogen) atoms.